The maximum atomic E-state index is 8.84. The minimum atomic E-state index is 0.287. The van der Waals surface area contributed by atoms with Crippen LogP contribution < -0.4 is 16.8 Å². The Morgan fingerprint density at radius 2 is 1.81 bits per heavy atom. The van der Waals surface area contributed by atoms with Crippen LogP contribution in [0.2, 0.25) is 0 Å². The van der Waals surface area contributed by atoms with E-state index in [4.69, 9.17) is 33.2 Å². The Labute approximate surface area is 196 Å². The highest BCUT2D eigenvalue weighted by molar-refractivity contribution is 6.39. The number of piperazine rings is 1. The number of likely N-dealkylation sites (N-methyl/N-ethyl adjacent to an activating group) is 1. The number of nitrogens with one attached hydrogen (secondary N) is 2. The molecule has 2 aliphatic heterocycles. The molecule has 0 aliphatic carbocycles. The molecule has 0 unspecified atom stereocenters. The van der Waals surface area contributed by atoms with Gasteiger partial charge in [0, 0.05) is 39.3 Å². The van der Waals surface area contributed by atoms with Crippen molar-refractivity contribution in [2.45, 2.75) is 13.3 Å². The number of allylic oxidation sites excluding steroid dienone is 2. The van der Waals surface area contributed by atoms with Gasteiger partial charge in [0.05, 0.1) is 35.2 Å². The second-order valence-corrected chi connectivity index (χ2v) is 8.39. The first-order valence-corrected chi connectivity index (χ1v) is 11.6. The molecule has 0 bridgehead atoms. The zero-order chi connectivity index (χ0) is 22.9. The van der Waals surface area contributed by atoms with Gasteiger partial charge in [0.25, 0.3) is 0 Å². The van der Waals surface area contributed by atoms with Gasteiger partial charge in [-0.05, 0) is 24.1 Å². The number of hydrogen-bond donors (Lipinski definition) is 4. The topological polar surface area (TPSA) is 104 Å². The lowest BCUT2D eigenvalue weighted by Gasteiger charge is -2.34. The van der Waals surface area contributed by atoms with Crippen LogP contribution in [0.5, 0.6) is 0 Å². The molecule has 0 saturated carbocycles. The summed E-state index contributed by atoms with van der Waals surface area (Å²) in [5.41, 5.74) is 15.7. The SMILES string of the molecule is CCN1CCN(CCN/C(N)=C(C(=N)C2=CCOCC2)/C(Cl)=C(\N)c2ccccc2)CC1. The molecular formula is C24H35ClN6O. The monoisotopic (exact) mass is 458 g/mol. The summed E-state index contributed by atoms with van der Waals surface area (Å²) in [4.78, 5) is 4.88. The Morgan fingerprint density at radius 1 is 1.12 bits per heavy atom. The van der Waals surface area contributed by atoms with Crippen LogP contribution in [-0.4, -0.2) is 74.5 Å². The molecule has 0 aromatic heterocycles. The maximum Gasteiger partial charge on any atom is 0.107 e. The van der Waals surface area contributed by atoms with Crippen molar-refractivity contribution in [3.05, 3.63) is 64.0 Å². The van der Waals surface area contributed by atoms with Crippen molar-refractivity contribution in [1.29, 1.82) is 5.41 Å². The second-order valence-electron chi connectivity index (χ2n) is 8.01. The average molecular weight is 459 g/mol. The molecule has 6 N–H and O–H groups in total. The highest BCUT2D eigenvalue weighted by Crippen LogP contribution is 2.28. The van der Waals surface area contributed by atoms with E-state index < -0.39 is 0 Å². The lowest BCUT2D eigenvalue weighted by atomic mass is 9.96. The fourth-order valence-electron chi connectivity index (χ4n) is 3.92. The first-order valence-electron chi connectivity index (χ1n) is 11.3. The van der Waals surface area contributed by atoms with Gasteiger partial charge in [0.2, 0.25) is 0 Å². The van der Waals surface area contributed by atoms with Crippen LogP contribution in [0, 0.1) is 5.41 Å². The van der Waals surface area contributed by atoms with Gasteiger partial charge >= 0.3 is 0 Å². The molecule has 0 radical (unpaired) electrons. The first-order chi connectivity index (χ1) is 15.5. The summed E-state index contributed by atoms with van der Waals surface area (Å²) in [6.45, 7) is 10.2. The number of nitrogens with zero attached hydrogens (tertiary/aromatic N) is 2. The van der Waals surface area contributed by atoms with E-state index in [9.17, 15) is 0 Å². The Kier molecular flexibility index (Phi) is 9.17. The highest BCUT2D eigenvalue weighted by atomic mass is 35.5. The molecule has 1 aromatic rings. The third-order valence-corrected chi connectivity index (χ3v) is 6.39. The lowest BCUT2D eigenvalue weighted by Crippen LogP contribution is -2.48. The van der Waals surface area contributed by atoms with Crippen LogP contribution in [0.4, 0.5) is 0 Å². The predicted molar refractivity (Wildman–Crippen MR) is 132 cm³/mol. The van der Waals surface area contributed by atoms with E-state index in [-0.39, 0.29) is 5.03 Å². The molecule has 174 valence electrons. The fraction of sp³-hybridized carbons (Fsp3) is 0.458. The van der Waals surface area contributed by atoms with Gasteiger partial charge in [0.15, 0.2) is 0 Å². The molecule has 1 saturated heterocycles. The molecule has 2 heterocycles. The van der Waals surface area contributed by atoms with Crippen molar-refractivity contribution in [2.75, 3.05) is 59.0 Å². The Morgan fingerprint density at radius 3 is 2.44 bits per heavy atom. The van der Waals surface area contributed by atoms with Crippen molar-refractivity contribution in [1.82, 2.24) is 15.1 Å². The first kappa shape index (κ1) is 24.3. The van der Waals surface area contributed by atoms with E-state index in [0.29, 0.717) is 49.0 Å². The summed E-state index contributed by atoms with van der Waals surface area (Å²) in [7, 11) is 0. The van der Waals surface area contributed by atoms with Gasteiger partial charge in [-0.3, -0.25) is 10.3 Å². The zero-order valence-electron chi connectivity index (χ0n) is 18.9. The van der Waals surface area contributed by atoms with Crippen LogP contribution in [0.25, 0.3) is 5.70 Å². The van der Waals surface area contributed by atoms with Crippen LogP contribution in [-0.2, 0) is 4.74 Å². The predicted octanol–water partition coefficient (Wildman–Crippen LogP) is 2.32. The summed E-state index contributed by atoms with van der Waals surface area (Å²) in [6.07, 6.45) is 2.56. The molecule has 1 aromatic carbocycles. The molecule has 0 spiro atoms. The number of benzene rings is 1. The van der Waals surface area contributed by atoms with E-state index in [0.717, 1.165) is 50.4 Å². The van der Waals surface area contributed by atoms with Crippen molar-refractivity contribution in [3.8, 4) is 0 Å². The van der Waals surface area contributed by atoms with Crippen molar-refractivity contribution >= 4 is 23.0 Å². The average Bonchev–Trinajstić information content (AvgIpc) is 2.85. The number of rotatable bonds is 9. The lowest BCUT2D eigenvalue weighted by molar-refractivity contribution is 0.138. The van der Waals surface area contributed by atoms with Gasteiger partial charge in [-0.1, -0.05) is 54.9 Å². The van der Waals surface area contributed by atoms with E-state index in [1.165, 1.54) is 0 Å². The smallest absolute Gasteiger partial charge is 0.107 e. The number of nitrogens with two attached hydrogens (primary N) is 2. The highest BCUT2D eigenvalue weighted by Gasteiger charge is 2.22. The van der Waals surface area contributed by atoms with Crippen LogP contribution in [0.15, 0.2) is 58.4 Å². The molecule has 7 nitrogen and oxygen atoms in total. The quantitative estimate of drug-likeness (QED) is 0.334. The number of hydrogen-bond acceptors (Lipinski definition) is 7. The van der Waals surface area contributed by atoms with Crippen LogP contribution in [0.1, 0.15) is 18.9 Å². The van der Waals surface area contributed by atoms with Crippen molar-refractivity contribution in [3.63, 3.8) is 0 Å². The normalized spacial score (nSPS) is 19.6. The largest absolute Gasteiger partial charge is 0.397 e. The summed E-state index contributed by atoms with van der Waals surface area (Å²) in [6, 6.07) is 9.52. The number of halogens is 1. The standard InChI is InChI=1S/C24H35ClN6O/c1-2-30-12-14-31(15-13-30)11-10-29-24(28)20(22(26)19-8-16-32-17-9-19)21(25)23(27)18-6-4-3-5-7-18/h3-8,26,29H,2,9-17,27-28H2,1H3/b23-21+,24-20-,26-22?. The molecule has 0 atom stereocenters. The summed E-state index contributed by atoms with van der Waals surface area (Å²) in [5, 5.41) is 12.4. The summed E-state index contributed by atoms with van der Waals surface area (Å²) >= 11 is 6.76. The number of ether oxygens (including phenoxy) is 1. The van der Waals surface area contributed by atoms with Gasteiger partial charge < -0.3 is 26.4 Å². The van der Waals surface area contributed by atoms with Crippen LogP contribution >= 0.6 is 11.6 Å². The molecule has 2 aliphatic rings. The van der Waals surface area contributed by atoms with Crippen LogP contribution in [0.3, 0.4) is 0 Å². The van der Waals surface area contributed by atoms with E-state index >= 15 is 0 Å². The zero-order valence-corrected chi connectivity index (χ0v) is 19.6. The van der Waals surface area contributed by atoms with Crippen molar-refractivity contribution < 1.29 is 4.74 Å². The van der Waals surface area contributed by atoms with Gasteiger partial charge in [-0.2, -0.15) is 0 Å². The molecule has 3 rings (SSSR count). The molecule has 8 heteroatoms. The van der Waals surface area contributed by atoms with Gasteiger partial charge in [-0.25, -0.2) is 0 Å². The van der Waals surface area contributed by atoms with Gasteiger partial charge in [0.1, 0.15) is 5.82 Å². The summed E-state index contributed by atoms with van der Waals surface area (Å²) < 4.78 is 5.40. The van der Waals surface area contributed by atoms with E-state index in [1.807, 2.05) is 36.4 Å². The van der Waals surface area contributed by atoms with E-state index in [2.05, 4.69) is 22.0 Å². The molecule has 1 fully saturated rings. The third kappa shape index (κ3) is 6.36. The van der Waals surface area contributed by atoms with E-state index in [1.54, 1.807) is 0 Å². The summed E-state index contributed by atoms with van der Waals surface area (Å²) in [5.74, 6) is 0.374. The maximum absolute atomic E-state index is 8.84. The minimum Gasteiger partial charge on any atom is -0.397 e. The van der Waals surface area contributed by atoms with Gasteiger partial charge in [-0.15, -0.1) is 0 Å². The Balaban J connectivity index is 1.78. The third-order valence-electron chi connectivity index (χ3n) is 6.00. The molecular weight excluding hydrogens is 424 g/mol. The Hall–Kier alpha value is -2.32. The van der Waals surface area contributed by atoms with Crippen molar-refractivity contribution in [2.24, 2.45) is 11.5 Å². The second kappa shape index (κ2) is 12.1. The fourth-order valence-corrected chi connectivity index (χ4v) is 4.23. The molecule has 32 heavy (non-hydrogen) atoms. The molecule has 0 amide bonds. The minimum absolute atomic E-state index is 0.287. The Bertz CT molecular complexity index is 872.